The number of hydrogen-bond acceptors (Lipinski definition) is 10. The second-order valence-corrected chi connectivity index (χ2v) is 8.17. The van der Waals surface area contributed by atoms with E-state index in [0.717, 1.165) is 11.3 Å². The number of benzene rings is 2. The third-order valence-electron chi connectivity index (χ3n) is 5.63. The first-order valence-electron chi connectivity index (χ1n) is 12.0. The second kappa shape index (κ2) is 13.6. The average molecular weight is 512 g/mol. The Morgan fingerprint density at radius 3 is 1.86 bits per heavy atom. The molecule has 0 radical (unpaired) electrons. The van der Waals surface area contributed by atoms with Crippen LogP contribution < -0.4 is 4.90 Å². The Bertz CT molecular complexity index is 1100. The lowest BCUT2D eigenvalue weighted by molar-refractivity contribution is -0.384. The minimum Gasteiger partial charge on any atom is -0.402 e. The van der Waals surface area contributed by atoms with Crippen LogP contribution in [0.4, 0.5) is 11.4 Å². The number of rotatable bonds is 4. The lowest BCUT2D eigenvalue weighted by Crippen LogP contribution is -2.31. The van der Waals surface area contributed by atoms with E-state index in [9.17, 15) is 14.9 Å². The van der Waals surface area contributed by atoms with Crippen LogP contribution in [0.1, 0.15) is 11.1 Å². The lowest BCUT2D eigenvalue weighted by Gasteiger charge is -2.25. The summed E-state index contributed by atoms with van der Waals surface area (Å²) < 4.78 is 27.6. The van der Waals surface area contributed by atoms with Crippen molar-refractivity contribution in [3.05, 3.63) is 75.5 Å². The van der Waals surface area contributed by atoms with Gasteiger partial charge in [-0.3, -0.25) is 10.1 Å². The highest BCUT2D eigenvalue weighted by atomic mass is 16.6. The average Bonchev–Trinajstić information content (AvgIpc) is 3.27. The summed E-state index contributed by atoms with van der Waals surface area (Å²) >= 11 is 0. The van der Waals surface area contributed by atoms with Gasteiger partial charge in [0.1, 0.15) is 0 Å². The van der Waals surface area contributed by atoms with Crippen LogP contribution in [0, 0.1) is 10.1 Å². The van der Waals surface area contributed by atoms with Gasteiger partial charge in [0, 0.05) is 36.5 Å². The molecule has 0 aliphatic carbocycles. The Morgan fingerprint density at radius 2 is 1.32 bits per heavy atom. The van der Waals surface area contributed by atoms with Crippen molar-refractivity contribution >= 4 is 29.3 Å². The summed E-state index contributed by atoms with van der Waals surface area (Å²) in [4.78, 5) is 29.1. The number of anilines is 1. The zero-order chi connectivity index (χ0) is 25.9. The van der Waals surface area contributed by atoms with Gasteiger partial charge < -0.3 is 28.6 Å². The molecule has 0 N–H and O–H groups in total. The molecule has 11 heteroatoms. The van der Waals surface area contributed by atoms with Crippen molar-refractivity contribution in [2.75, 3.05) is 70.8 Å². The molecule has 0 saturated carbocycles. The van der Waals surface area contributed by atoms with E-state index in [2.05, 4.69) is 9.89 Å². The molecule has 0 spiro atoms. The fourth-order valence-electron chi connectivity index (χ4n) is 3.68. The van der Waals surface area contributed by atoms with Crippen molar-refractivity contribution in [1.29, 1.82) is 0 Å². The van der Waals surface area contributed by atoms with Crippen molar-refractivity contribution in [1.82, 2.24) is 0 Å². The molecule has 0 aromatic heterocycles. The largest absolute Gasteiger partial charge is 0.402 e. The highest BCUT2D eigenvalue weighted by Crippen LogP contribution is 2.22. The van der Waals surface area contributed by atoms with Crippen LogP contribution in [-0.2, 0) is 28.5 Å². The van der Waals surface area contributed by atoms with E-state index in [-0.39, 0.29) is 17.3 Å². The van der Waals surface area contributed by atoms with E-state index < -0.39 is 10.9 Å². The smallest absolute Gasteiger partial charge is 0.363 e. The molecule has 0 amide bonds. The first-order chi connectivity index (χ1) is 18.1. The van der Waals surface area contributed by atoms with Crippen LogP contribution in [0.15, 0.2) is 59.2 Å². The van der Waals surface area contributed by atoms with Crippen molar-refractivity contribution in [3.63, 3.8) is 0 Å². The van der Waals surface area contributed by atoms with E-state index in [0.29, 0.717) is 71.5 Å². The number of esters is 1. The van der Waals surface area contributed by atoms with Gasteiger partial charge >= 0.3 is 5.97 Å². The van der Waals surface area contributed by atoms with Crippen LogP contribution in [-0.4, -0.2) is 82.7 Å². The van der Waals surface area contributed by atoms with Crippen molar-refractivity contribution in [3.8, 4) is 0 Å². The van der Waals surface area contributed by atoms with E-state index in [1.54, 1.807) is 6.08 Å². The van der Waals surface area contributed by atoms with Crippen LogP contribution in [0.2, 0.25) is 0 Å². The summed E-state index contributed by atoms with van der Waals surface area (Å²) in [7, 11) is 0. The standard InChI is InChI=1S/C26H29N3O8/c30-26-24(27-25(37-26)21-3-7-23(8-4-21)29(31)32)19-20-1-5-22(6-2-20)28-9-11-33-13-15-35-17-18-36-16-14-34-12-10-28/h1-8,19H,9-18H2/b24-19+. The molecule has 2 aromatic carbocycles. The van der Waals surface area contributed by atoms with E-state index in [1.165, 1.54) is 24.3 Å². The molecule has 2 aromatic rings. The number of carbonyl (C=O) groups excluding carboxylic acids is 1. The lowest BCUT2D eigenvalue weighted by atomic mass is 10.1. The number of cyclic esters (lactones) is 1. The molecule has 1 saturated heterocycles. The predicted octanol–water partition coefficient (Wildman–Crippen LogP) is 2.83. The molecule has 2 aliphatic rings. The number of nitrogens with zero attached hydrogens (tertiary/aromatic N) is 3. The van der Waals surface area contributed by atoms with E-state index >= 15 is 0 Å². The SMILES string of the molecule is O=C1OC(c2ccc([N+](=O)[O-])cc2)=N/C1=C/c1ccc(N2CCOCCOCCOCCOCC2)cc1. The summed E-state index contributed by atoms with van der Waals surface area (Å²) in [6.07, 6.45) is 1.64. The molecular formula is C26H29N3O8. The van der Waals surface area contributed by atoms with Gasteiger partial charge in [-0.15, -0.1) is 0 Å². The second-order valence-electron chi connectivity index (χ2n) is 8.17. The van der Waals surface area contributed by atoms with Gasteiger partial charge in [0.05, 0.1) is 57.8 Å². The van der Waals surface area contributed by atoms with E-state index in [1.807, 2.05) is 24.3 Å². The zero-order valence-corrected chi connectivity index (χ0v) is 20.4. The minimum atomic E-state index is -0.578. The fraction of sp³-hybridized carbons (Fsp3) is 0.385. The molecule has 4 rings (SSSR count). The Kier molecular flexibility index (Phi) is 9.72. The topological polar surface area (TPSA) is 122 Å². The third kappa shape index (κ3) is 7.92. The number of non-ortho nitro benzene ring substituents is 1. The van der Waals surface area contributed by atoms with Crippen LogP contribution in [0.3, 0.4) is 0 Å². The molecule has 37 heavy (non-hydrogen) atoms. The monoisotopic (exact) mass is 511 g/mol. The molecule has 0 bridgehead atoms. The first kappa shape index (κ1) is 26.4. The van der Waals surface area contributed by atoms with Crippen molar-refractivity contribution < 1.29 is 33.4 Å². The molecule has 0 atom stereocenters. The number of carbonyl (C=O) groups is 1. The summed E-state index contributed by atoms with van der Waals surface area (Å²) in [6, 6.07) is 13.4. The van der Waals surface area contributed by atoms with Gasteiger partial charge in [-0.05, 0) is 35.9 Å². The van der Waals surface area contributed by atoms with Gasteiger partial charge in [-0.25, -0.2) is 9.79 Å². The number of hydrogen-bond donors (Lipinski definition) is 0. The Labute approximate surface area is 214 Å². The Morgan fingerprint density at radius 1 is 0.784 bits per heavy atom. The van der Waals surface area contributed by atoms with Gasteiger partial charge in [-0.2, -0.15) is 0 Å². The van der Waals surface area contributed by atoms with Crippen LogP contribution >= 0.6 is 0 Å². The molecule has 196 valence electrons. The maximum Gasteiger partial charge on any atom is 0.363 e. The highest BCUT2D eigenvalue weighted by molar-refractivity contribution is 6.12. The van der Waals surface area contributed by atoms with Crippen molar-refractivity contribution in [2.45, 2.75) is 0 Å². The summed E-state index contributed by atoms with van der Waals surface area (Å²) in [5.74, 6) is -0.467. The number of nitro groups is 1. The van der Waals surface area contributed by atoms with Crippen LogP contribution in [0.25, 0.3) is 6.08 Å². The molecule has 2 aliphatic heterocycles. The maximum atomic E-state index is 12.3. The van der Waals surface area contributed by atoms with Gasteiger partial charge in [0.15, 0.2) is 5.70 Å². The van der Waals surface area contributed by atoms with Gasteiger partial charge in [-0.1, -0.05) is 12.1 Å². The number of aliphatic imine (C=N–C) groups is 1. The first-order valence-corrected chi connectivity index (χ1v) is 12.0. The van der Waals surface area contributed by atoms with Crippen LogP contribution in [0.5, 0.6) is 0 Å². The van der Waals surface area contributed by atoms with Gasteiger partial charge in [0.2, 0.25) is 5.90 Å². The molecule has 11 nitrogen and oxygen atoms in total. The van der Waals surface area contributed by atoms with Gasteiger partial charge in [0.25, 0.3) is 5.69 Å². The Hall–Kier alpha value is -3.64. The van der Waals surface area contributed by atoms with Crippen molar-refractivity contribution in [2.24, 2.45) is 4.99 Å². The molecule has 2 heterocycles. The fourth-order valence-corrected chi connectivity index (χ4v) is 3.68. The molecule has 1 fully saturated rings. The Balaban J connectivity index is 1.41. The third-order valence-corrected chi connectivity index (χ3v) is 5.63. The normalized spacial score (nSPS) is 19.6. The number of ether oxygens (including phenoxy) is 5. The van der Waals surface area contributed by atoms with E-state index in [4.69, 9.17) is 23.7 Å². The molecular weight excluding hydrogens is 482 g/mol. The number of nitro benzene ring substituents is 1. The highest BCUT2D eigenvalue weighted by Gasteiger charge is 2.24. The maximum absolute atomic E-state index is 12.3. The molecule has 0 unspecified atom stereocenters. The summed E-state index contributed by atoms with van der Waals surface area (Å²) in [5.41, 5.74) is 2.36. The quantitative estimate of drug-likeness (QED) is 0.264. The summed E-state index contributed by atoms with van der Waals surface area (Å²) in [6.45, 7) is 5.67. The summed E-state index contributed by atoms with van der Waals surface area (Å²) in [5, 5.41) is 10.8. The minimum absolute atomic E-state index is 0.0515. The predicted molar refractivity (Wildman–Crippen MR) is 136 cm³/mol. The zero-order valence-electron chi connectivity index (χ0n) is 20.4.